The molecule has 0 saturated carbocycles. The summed E-state index contributed by atoms with van der Waals surface area (Å²) in [7, 11) is 3.29. The van der Waals surface area contributed by atoms with Gasteiger partial charge in [-0.1, -0.05) is 6.07 Å². The number of thiol groups is 1. The molecule has 0 aliphatic carbocycles. The van der Waals surface area contributed by atoms with Crippen molar-refractivity contribution in [2.45, 2.75) is 19.1 Å². The highest BCUT2D eigenvalue weighted by molar-refractivity contribution is 7.79. The van der Waals surface area contributed by atoms with Crippen LogP contribution in [-0.4, -0.2) is 19.2 Å². The van der Waals surface area contributed by atoms with Gasteiger partial charge in [0.1, 0.15) is 0 Å². The van der Waals surface area contributed by atoms with Crippen LogP contribution in [0.15, 0.2) is 18.2 Å². The van der Waals surface area contributed by atoms with Gasteiger partial charge in [0.15, 0.2) is 11.5 Å². The van der Waals surface area contributed by atoms with E-state index in [1.54, 1.807) is 25.6 Å². The number of aromatic nitrogens is 1. The molecule has 0 atom stereocenters. The molecule has 0 aliphatic rings. The number of rotatable bonds is 5. The van der Waals surface area contributed by atoms with Crippen molar-refractivity contribution in [1.29, 1.82) is 0 Å². The Labute approximate surface area is 123 Å². The van der Waals surface area contributed by atoms with E-state index in [1.165, 1.54) is 4.88 Å². The summed E-state index contributed by atoms with van der Waals surface area (Å²) < 4.78 is 10.5. The lowest BCUT2D eigenvalue weighted by molar-refractivity contribution is 0.354. The van der Waals surface area contributed by atoms with E-state index in [4.69, 9.17) is 9.47 Å². The number of hydrogen-bond donors (Lipinski definition) is 1. The maximum atomic E-state index is 5.31. The lowest BCUT2D eigenvalue weighted by Crippen LogP contribution is -1.93. The average molecular weight is 295 g/mol. The molecular formula is C14H17NO2S2. The zero-order valence-corrected chi connectivity index (χ0v) is 13.0. The normalized spacial score (nSPS) is 10.5. The quantitative estimate of drug-likeness (QED) is 0.857. The standard InChI is InChI=1S/C14H17NO2S2/c1-9-13(8-18)19-14(15-9)7-10-4-5-11(16-2)12(6-10)17-3/h4-6,18H,7-8H2,1-3H3. The first kappa shape index (κ1) is 14.2. The number of thiazole rings is 1. The average Bonchev–Trinajstić information content (AvgIpc) is 2.78. The first-order valence-electron chi connectivity index (χ1n) is 5.95. The van der Waals surface area contributed by atoms with Gasteiger partial charge in [-0.05, 0) is 24.6 Å². The number of nitrogens with zero attached hydrogens (tertiary/aromatic N) is 1. The highest BCUT2D eigenvalue weighted by atomic mass is 32.1. The van der Waals surface area contributed by atoms with Crippen molar-refractivity contribution < 1.29 is 9.47 Å². The second-order valence-corrected chi connectivity index (χ2v) is 5.62. The van der Waals surface area contributed by atoms with Crippen molar-refractivity contribution in [2.75, 3.05) is 14.2 Å². The zero-order chi connectivity index (χ0) is 13.8. The smallest absolute Gasteiger partial charge is 0.160 e. The summed E-state index contributed by atoms with van der Waals surface area (Å²) >= 11 is 6.03. The molecule has 2 rings (SSSR count). The van der Waals surface area contributed by atoms with Crippen LogP contribution in [0.25, 0.3) is 0 Å². The van der Waals surface area contributed by atoms with Gasteiger partial charge in [0.25, 0.3) is 0 Å². The highest BCUT2D eigenvalue weighted by Crippen LogP contribution is 2.29. The van der Waals surface area contributed by atoms with Gasteiger partial charge in [0.05, 0.1) is 24.9 Å². The molecule has 0 amide bonds. The summed E-state index contributed by atoms with van der Waals surface area (Å²) in [5, 5.41) is 1.11. The van der Waals surface area contributed by atoms with Crippen molar-refractivity contribution in [2.24, 2.45) is 0 Å². The Morgan fingerprint density at radius 1 is 1.21 bits per heavy atom. The SMILES string of the molecule is COc1ccc(Cc2nc(C)c(CS)s2)cc1OC. The molecule has 0 fully saturated rings. The minimum absolute atomic E-state index is 0.745. The Bertz CT molecular complexity index is 567. The molecule has 1 heterocycles. The van der Waals surface area contributed by atoms with Crippen LogP contribution in [0.3, 0.4) is 0 Å². The van der Waals surface area contributed by atoms with Crippen molar-refractivity contribution >= 4 is 24.0 Å². The number of benzene rings is 1. The van der Waals surface area contributed by atoms with Gasteiger partial charge < -0.3 is 9.47 Å². The van der Waals surface area contributed by atoms with Gasteiger partial charge in [-0.25, -0.2) is 4.98 Å². The first-order valence-corrected chi connectivity index (χ1v) is 7.39. The van der Waals surface area contributed by atoms with Crippen LogP contribution in [0, 0.1) is 6.92 Å². The molecular weight excluding hydrogens is 278 g/mol. The van der Waals surface area contributed by atoms with E-state index >= 15 is 0 Å². The summed E-state index contributed by atoms with van der Waals surface area (Å²) in [5.41, 5.74) is 2.24. The van der Waals surface area contributed by atoms with Gasteiger partial charge in [-0.15, -0.1) is 11.3 Å². The summed E-state index contributed by atoms with van der Waals surface area (Å²) in [6.45, 7) is 2.03. The minimum atomic E-state index is 0.745. The molecule has 3 nitrogen and oxygen atoms in total. The third-order valence-electron chi connectivity index (χ3n) is 2.88. The number of methoxy groups -OCH3 is 2. The maximum absolute atomic E-state index is 5.31. The van der Waals surface area contributed by atoms with Crippen LogP contribution >= 0.6 is 24.0 Å². The van der Waals surface area contributed by atoms with E-state index in [9.17, 15) is 0 Å². The lowest BCUT2D eigenvalue weighted by atomic mass is 10.1. The summed E-state index contributed by atoms with van der Waals surface area (Å²) in [6, 6.07) is 5.96. The lowest BCUT2D eigenvalue weighted by Gasteiger charge is -2.08. The summed E-state index contributed by atoms with van der Waals surface area (Å²) in [5.74, 6) is 2.25. The topological polar surface area (TPSA) is 31.4 Å². The molecule has 0 bridgehead atoms. The number of aryl methyl sites for hydroxylation is 1. The molecule has 0 saturated heterocycles. The second kappa shape index (κ2) is 6.30. The van der Waals surface area contributed by atoms with E-state index in [2.05, 4.69) is 17.6 Å². The fourth-order valence-electron chi connectivity index (χ4n) is 1.88. The predicted molar refractivity (Wildman–Crippen MR) is 81.9 cm³/mol. The Morgan fingerprint density at radius 2 is 1.95 bits per heavy atom. The van der Waals surface area contributed by atoms with Crippen molar-refractivity contribution in [3.05, 3.63) is 39.3 Å². The maximum Gasteiger partial charge on any atom is 0.160 e. The second-order valence-electron chi connectivity index (χ2n) is 4.14. The molecule has 0 aliphatic heterocycles. The molecule has 2 aromatic rings. The van der Waals surface area contributed by atoms with Crippen LogP contribution < -0.4 is 9.47 Å². The molecule has 19 heavy (non-hydrogen) atoms. The van der Waals surface area contributed by atoms with Crippen LogP contribution in [0.2, 0.25) is 0 Å². The highest BCUT2D eigenvalue weighted by Gasteiger charge is 2.09. The molecule has 102 valence electrons. The van der Waals surface area contributed by atoms with Gasteiger partial charge in [-0.3, -0.25) is 0 Å². The monoisotopic (exact) mass is 295 g/mol. The van der Waals surface area contributed by atoms with E-state index in [0.717, 1.165) is 39.9 Å². The molecule has 1 aromatic carbocycles. The Morgan fingerprint density at radius 3 is 2.53 bits per heavy atom. The minimum Gasteiger partial charge on any atom is -0.493 e. The molecule has 1 aromatic heterocycles. The fraction of sp³-hybridized carbons (Fsp3) is 0.357. The molecule has 0 radical (unpaired) electrons. The fourth-order valence-corrected chi connectivity index (χ4v) is 3.26. The molecule has 0 spiro atoms. The van der Waals surface area contributed by atoms with Crippen LogP contribution in [0.1, 0.15) is 21.1 Å². The van der Waals surface area contributed by atoms with E-state index in [-0.39, 0.29) is 0 Å². The van der Waals surface area contributed by atoms with Gasteiger partial charge >= 0.3 is 0 Å². The van der Waals surface area contributed by atoms with Gasteiger partial charge in [0, 0.05) is 17.1 Å². The number of ether oxygens (including phenoxy) is 2. The zero-order valence-electron chi connectivity index (χ0n) is 11.3. The van der Waals surface area contributed by atoms with Crippen molar-refractivity contribution in [1.82, 2.24) is 4.98 Å². The Kier molecular flexibility index (Phi) is 4.71. The Balaban J connectivity index is 2.22. The largest absolute Gasteiger partial charge is 0.493 e. The third-order valence-corrected chi connectivity index (χ3v) is 4.57. The third kappa shape index (κ3) is 3.22. The summed E-state index contributed by atoms with van der Waals surface area (Å²) in [4.78, 5) is 5.81. The first-order chi connectivity index (χ1) is 9.17. The summed E-state index contributed by atoms with van der Waals surface area (Å²) in [6.07, 6.45) is 0.805. The van der Waals surface area contributed by atoms with Gasteiger partial charge in [-0.2, -0.15) is 12.6 Å². The van der Waals surface area contributed by atoms with Crippen molar-refractivity contribution in [3.63, 3.8) is 0 Å². The van der Waals surface area contributed by atoms with Crippen LogP contribution in [0.5, 0.6) is 11.5 Å². The van der Waals surface area contributed by atoms with E-state index in [0.29, 0.717) is 0 Å². The van der Waals surface area contributed by atoms with Crippen molar-refractivity contribution in [3.8, 4) is 11.5 Å². The van der Waals surface area contributed by atoms with E-state index in [1.807, 2.05) is 25.1 Å². The molecule has 0 unspecified atom stereocenters. The van der Waals surface area contributed by atoms with Gasteiger partial charge in [0.2, 0.25) is 0 Å². The Hall–Kier alpha value is -1.20. The van der Waals surface area contributed by atoms with E-state index < -0.39 is 0 Å². The molecule has 0 N–H and O–H groups in total. The number of hydrogen-bond acceptors (Lipinski definition) is 5. The van der Waals surface area contributed by atoms with Crippen LogP contribution in [-0.2, 0) is 12.2 Å². The predicted octanol–water partition coefficient (Wildman–Crippen LogP) is 3.49. The van der Waals surface area contributed by atoms with Crippen LogP contribution in [0.4, 0.5) is 0 Å². The molecule has 5 heteroatoms.